The van der Waals surface area contributed by atoms with E-state index in [0.717, 1.165) is 57.4 Å². The summed E-state index contributed by atoms with van der Waals surface area (Å²) in [6.07, 6.45) is 6.00. The first-order valence-electron chi connectivity index (χ1n) is 11.4. The zero-order chi connectivity index (χ0) is 21.0. The van der Waals surface area contributed by atoms with Crippen LogP contribution in [0.15, 0.2) is 67.0 Å². The average Bonchev–Trinajstić information content (AvgIpc) is 3.32. The number of amides is 1. The van der Waals surface area contributed by atoms with Crippen LogP contribution in [-0.2, 0) is 12.8 Å². The summed E-state index contributed by atoms with van der Waals surface area (Å²) in [7, 11) is 0. The summed E-state index contributed by atoms with van der Waals surface area (Å²) >= 11 is 0. The van der Waals surface area contributed by atoms with Gasteiger partial charge in [-0.3, -0.25) is 9.69 Å². The quantitative estimate of drug-likeness (QED) is 0.684. The smallest absolute Gasteiger partial charge is 0.253 e. The lowest BCUT2D eigenvalue weighted by atomic mass is 9.83. The molecule has 160 valence electrons. The average molecular weight is 415 g/mol. The lowest BCUT2D eigenvalue weighted by molar-refractivity contribution is 0.0549. The van der Waals surface area contributed by atoms with Crippen LogP contribution in [0, 0.1) is 5.92 Å². The van der Waals surface area contributed by atoms with Crippen LogP contribution in [0.5, 0.6) is 0 Å². The number of H-pyrrole nitrogens is 1. The maximum Gasteiger partial charge on any atom is 0.253 e. The Kier molecular flexibility index (Phi) is 5.85. The Morgan fingerprint density at radius 2 is 1.68 bits per heavy atom. The van der Waals surface area contributed by atoms with E-state index in [1.54, 1.807) is 0 Å². The number of nitrogens with one attached hydrogen (secondary N) is 1. The van der Waals surface area contributed by atoms with Gasteiger partial charge in [-0.05, 0) is 42.9 Å². The number of rotatable bonds is 5. The normalized spacial score (nSPS) is 19.9. The molecule has 0 saturated carbocycles. The van der Waals surface area contributed by atoms with Crippen LogP contribution in [-0.4, -0.2) is 51.9 Å². The van der Waals surface area contributed by atoms with Crippen molar-refractivity contribution in [3.8, 4) is 0 Å². The first-order chi connectivity index (χ1) is 15.3. The van der Waals surface area contributed by atoms with Gasteiger partial charge < -0.3 is 9.88 Å². The van der Waals surface area contributed by atoms with Gasteiger partial charge in [-0.15, -0.1) is 0 Å². The summed E-state index contributed by atoms with van der Waals surface area (Å²) in [5, 5.41) is 0. The molecule has 0 aliphatic carbocycles. The van der Waals surface area contributed by atoms with Crippen molar-refractivity contribution < 1.29 is 4.79 Å². The maximum atomic E-state index is 12.9. The SMILES string of the molecule is O=C(c1ccccc1)N1CCC(C2c3nc[nH]c3CCN2CCc2ccccc2)CC1. The second kappa shape index (κ2) is 9.06. The third-order valence-electron chi connectivity index (χ3n) is 6.90. The Morgan fingerprint density at radius 1 is 0.968 bits per heavy atom. The number of carbonyl (C=O) groups excluding carboxylic acids is 1. The summed E-state index contributed by atoms with van der Waals surface area (Å²) < 4.78 is 0. The third-order valence-corrected chi connectivity index (χ3v) is 6.90. The molecule has 0 spiro atoms. The van der Waals surface area contributed by atoms with Crippen LogP contribution in [0.1, 0.15) is 46.2 Å². The highest BCUT2D eigenvalue weighted by atomic mass is 16.2. The molecule has 3 heterocycles. The van der Waals surface area contributed by atoms with Gasteiger partial charge in [0.15, 0.2) is 0 Å². The molecule has 3 aromatic rings. The van der Waals surface area contributed by atoms with Crippen LogP contribution >= 0.6 is 0 Å². The molecule has 0 bridgehead atoms. The number of piperidine rings is 1. The fourth-order valence-electron chi connectivity index (χ4n) is 5.23. The minimum absolute atomic E-state index is 0.157. The number of hydrogen-bond acceptors (Lipinski definition) is 3. The van der Waals surface area contributed by atoms with E-state index < -0.39 is 0 Å². The van der Waals surface area contributed by atoms with Crippen LogP contribution in [0.4, 0.5) is 0 Å². The molecule has 1 amide bonds. The Balaban J connectivity index is 1.28. The number of nitrogens with zero attached hydrogens (tertiary/aromatic N) is 3. The lowest BCUT2D eigenvalue weighted by Crippen LogP contribution is -2.45. The number of likely N-dealkylation sites (tertiary alicyclic amines) is 1. The Labute approximate surface area is 184 Å². The van der Waals surface area contributed by atoms with Crippen molar-refractivity contribution in [2.75, 3.05) is 26.2 Å². The number of benzene rings is 2. The molecule has 5 heteroatoms. The monoisotopic (exact) mass is 414 g/mol. The van der Waals surface area contributed by atoms with Crippen LogP contribution in [0.2, 0.25) is 0 Å². The van der Waals surface area contributed by atoms with E-state index in [2.05, 4.69) is 40.2 Å². The van der Waals surface area contributed by atoms with Crippen molar-refractivity contribution in [1.82, 2.24) is 19.8 Å². The lowest BCUT2D eigenvalue weighted by Gasteiger charge is -2.43. The predicted octanol–water partition coefficient (Wildman–Crippen LogP) is 4.10. The summed E-state index contributed by atoms with van der Waals surface area (Å²) in [4.78, 5) is 25.6. The summed E-state index contributed by atoms with van der Waals surface area (Å²) in [6, 6.07) is 20.7. The second-order valence-electron chi connectivity index (χ2n) is 8.73. The Morgan fingerprint density at radius 3 is 2.42 bits per heavy atom. The molecule has 2 aliphatic heterocycles. The molecule has 1 atom stereocenters. The molecule has 1 aromatic heterocycles. The number of fused-ring (bicyclic) bond motifs is 1. The highest BCUT2D eigenvalue weighted by molar-refractivity contribution is 5.94. The zero-order valence-corrected chi connectivity index (χ0v) is 17.9. The molecule has 2 aromatic carbocycles. The van der Waals surface area contributed by atoms with Gasteiger partial charge in [-0.1, -0.05) is 48.5 Å². The molecule has 1 fully saturated rings. The van der Waals surface area contributed by atoms with E-state index in [4.69, 9.17) is 4.98 Å². The zero-order valence-electron chi connectivity index (χ0n) is 17.9. The van der Waals surface area contributed by atoms with Crippen molar-refractivity contribution in [2.45, 2.75) is 31.7 Å². The van der Waals surface area contributed by atoms with Gasteiger partial charge in [-0.25, -0.2) is 4.98 Å². The molecule has 1 N–H and O–H groups in total. The maximum absolute atomic E-state index is 12.9. The fourth-order valence-corrected chi connectivity index (χ4v) is 5.23. The highest BCUT2D eigenvalue weighted by Crippen LogP contribution is 2.38. The second-order valence-corrected chi connectivity index (χ2v) is 8.73. The van der Waals surface area contributed by atoms with E-state index in [1.165, 1.54) is 17.0 Å². The van der Waals surface area contributed by atoms with Crippen LogP contribution in [0.3, 0.4) is 0 Å². The van der Waals surface area contributed by atoms with E-state index in [0.29, 0.717) is 12.0 Å². The van der Waals surface area contributed by atoms with Crippen molar-refractivity contribution in [3.63, 3.8) is 0 Å². The molecule has 31 heavy (non-hydrogen) atoms. The first-order valence-corrected chi connectivity index (χ1v) is 11.4. The molecule has 1 saturated heterocycles. The predicted molar refractivity (Wildman–Crippen MR) is 122 cm³/mol. The summed E-state index contributed by atoms with van der Waals surface area (Å²) in [5.74, 6) is 0.682. The van der Waals surface area contributed by atoms with Gasteiger partial charge in [0.25, 0.3) is 5.91 Å². The fraction of sp³-hybridized carbons (Fsp3) is 0.385. The number of imidazole rings is 1. The van der Waals surface area contributed by atoms with Gasteiger partial charge in [0, 0.05) is 43.9 Å². The number of hydrogen-bond donors (Lipinski definition) is 1. The van der Waals surface area contributed by atoms with Crippen molar-refractivity contribution >= 4 is 5.91 Å². The number of carbonyl (C=O) groups is 1. The van der Waals surface area contributed by atoms with Crippen LogP contribution < -0.4 is 0 Å². The van der Waals surface area contributed by atoms with E-state index in [9.17, 15) is 4.79 Å². The summed E-state index contributed by atoms with van der Waals surface area (Å²) in [6.45, 7) is 3.75. The van der Waals surface area contributed by atoms with E-state index in [1.807, 2.05) is 41.6 Å². The first kappa shape index (κ1) is 20.0. The molecular formula is C26H30N4O. The van der Waals surface area contributed by atoms with E-state index >= 15 is 0 Å². The standard InChI is InChI=1S/C26H30N4O/c31-26(22-9-5-2-6-10-22)30-16-12-21(13-17-30)25-24-23(27-19-28-24)14-18-29(25)15-11-20-7-3-1-4-8-20/h1-10,19,21,25H,11-18H2,(H,27,28). The Bertz CT molecular complexity index is 993. The van der Waals surface area contributed by atoms with Gasteiger partial charge in [0.1, 0.15) is 0 Å². The van der Waals surface area contributed by atoms with Gasteiger partial charge >= 0.3 is 0 Å². The largest absolute Gasteiger partial charge is 0.348 e. The topological polar surface area (TPSA) is 52.2 Å². The van der Waals surface area contributed by atoms with Crippen LogP contribution in [0.25, 0.3) is 0 Å². The minimum Gasteiger partial charge on any atom is -0.348 e. The molecular weight excluding hydrogens is 384 g/mol. The number of aromatic nitrogens is 2. The van der Waals surface area contributed by atoms with Crippen molar-refractivity contribution in [2.24, 2.45) is 5.92 Å². The third kappa shape index (κ3) is 4.28. The van der Waals surface area contributed by atoms with Crippen molar-refractivity contribution in [3.05, 3.63) is 89.5 Å². The highest BCUT2D eigenvalue weighted by Gasteiger charge is 2.37. The number of aromatic amines is 1. The summed E-state index contributed by atoms with van der Waals surface area (Å²) in [5.41, 5.74) is 4.70. The van der Waals surface area contributed by atoms with Gasteiger partial charge in [-0.2, -0.15) is 0 Å². The molecule has 5 nitrogen and oxygen atoms in total. The van der Waals surface area contributed by atoms with Gasteiger partial charge in [0.2, 0.25) is 0 Å². The molecule has 2 aliphatic rings. The molecule has 1 unspecified atom stereocenters. The minimum atomic E-state index is 0.157. The molecule has 0 radical (unpaired) electrons. The van der Waals surface area contributed by atoms with Crippen molar-refractivity contribution in [1.29, 1.82) is 0 Å². The van der Waals surface area contributed by atoms with E-state index in [-0.39, 0.29) is 5.91 Å². The molecule has 5 rings (SSSR count). The Hall–Kier alpha value is -2.92. The van der Waals surface area contributed by atoms with Gasteiger partial charge in [0.05, 0.1) is 18.1 Å².